The zero-order chi connectivity index (χ0) is 21.6. The molecule has 3 heterocycles. The molecule has 0 radical (unpaired) electrons. The molecule has 31 heavy (non-hydrogen) atoms. The van der Waals surface area contributed by atoms with Crippen LogP contribution in [0, 0.1) is 6.92 Å². The number of hydrogen-bond donors (Lipinski definition) is 1. The molecule has 5 nitrogen and oxygen atoms in total. The molecule has 5 heteroatoms. The number of H-pyrrole nitrogens is 1. The van der Waals surface area contributed by atoms with Crippen molar-refractivity contribution in [3.05, 3.63) is 66.0 Å². The fourth-order valence-corrected chi connectivity index (χ4v) is 4.99. The van der Waals surface area contributed by atoms with Gasteiger partial charge in [0.05, 0.1) is 11.6 Å². The largest absolute Gasteiger partial charge is 0.375 e. The molecule has 2 aromatic carbocycles. The standard InChI is InChI=1S/C26H30N4O/c1-17-10-11-22-21(14-17)23-24(29-22)25(28-16-27-23)30(18(2)19-8-6-5-7-9-19)20-12-13-31-26(3,4)15-20/h5-11,14,16,18,20,29H,12-13,15H2,1-4H3. The van der Waals surface area contributed by atoms with Gasteiger partial charge in [-0.1, -0.05) is 42.0 Å². The first-order chi connectivity index (χ1) is 14.9. The van der Waals surface area contributed by atoms with Crippen molar-refractivity contribution in [1.29, 1.82) is 0 Å². The number of hydrogen-bond acceptors (Lipinski definition) is 4. The zero-order valence-corrected chi connectivity index (χ0v) is 18.7. The van der Waals surface area contributed by atoms with Crippen LogP contribution in [0.25, 0.3) is 21.9 Å². The van der Waals surface area contributed by atoms with E-state index >= 15 is 0 Å². The first kappa shape index (κ1) is 20.0. The minimum atomic E-state index is -0.152. The van der Waals surface area contributed by atoms with Gasteiger partial charge in [0.1, 0.15) is 17.4 Å². The fourth-order valence-electron chi connectivity index (χ4n) is 4.99. The van der Waals surface area contributed by atoms with E-state index in [2.05, 4.69) is 91.1 Å². The summed E-state index contributed by atoms with van der Waals surface area (Å²) in [6, 6.07) is 17.7. The molecule has 1 aliphatic rings. The Morgan fingerprint density at radius 3 is 2.71 bits per heavy atom. The Morgan fingerprint density at radius 2 is 1.94 bits per heavy atom. The van der Waals surface area contributed by atoms with Crippen molar-refractivity contribution < 1.29 is 4.74 Å². The lowest BCUT2D eigenvalue weighted by Crippen LogP contribution is -2.47. The monoisotopic (exact) mass is 414 g/mol. The molecule has 0 amide bonds. The fraction of sp³-hybridized carbons (Fsp3) is 0.385. The quantitative estimate of drug-likeness (QED) is 0.449. The average molecular weight is 415 g/mol. The van der Waals surface area contributed by atoms with Gasteiger partial charge in [-0.3, -0.25) is 0 Å². The van der Waals surface area contributed by atoms with Crippen LogP contribution in [0.2, 0.25) is 0 Å². The predicted octanol–water partition coefficient (Wildman–Crippen LogP) is 5.94. The molecule has 1 N–H and O–H groups in total. The maximum Gasteiger partial charge on any atom is 0.157 e. The minimum Gasteiger partial charge on any atom is -0.375 e. The molecular formula is C26H30N4O. The second-order valence-corrected chi connectivity index (χ2v) is 9.34. The lowest BCUT2D eigenvalue weighted by atomic mass is 9.91. The normalized spacial score (nSPS) is 19.5. The van der Waals surface area contributed by atoms with E-state index in [1.807, 2.05) is 0 Å². The van der Waals surface area contributed by atoms with Crippen LogP contribution >= 0.6 is 0 Å². The van der Waals surface area contributed by atoms with Crippen LogP contribution in [0.15, 0.2) is 54.9 Å². The minimum absolute atomic E-state index is 0.152. The van der Waals surface area contributed by atoms with Gasteiger partial charge in [-0.15, -0.1) is 0 Å². The molecule has 1 aliphatic heterocycles. The number of nitrogens with one attached hydrogen (secondary N) is 1. The maximum atomic E-state index is 6.05. The lowest BCUT2D eigenvalue weighted by Gasteiger charge is -2.44. The molecule has 0 saturated carbocycles. The molecule has 4 aromatic rings. The van der Waals surface area contributed by atoms with Crippen molar-refractivity contribution in [2.75, 3.05) is 11.5 Å². The Labute approximate surface area is 183 Å². The van der Waals surface area contributed by atoms with Gasteiger partial charge >= 0.3 is 0 Å². The summed E-state index contributed by atoms with van der Waals surface area (Å²) in [5, 5.41) is 1.15. The second kappa shape index (κ2) is 7.65. The number of benzene rings is 2. The average Bonchev–Trinajstić information content (AvgIpc) is 3.12. The molecule has 1 fully saturated rings. The molecule has 0 aliphatic carbocycles. The van der Waals surface area contributed by atoms with E-state index in [1.165, 1.54) is 11.1 Å². The van der Waals surface area contributed by atoms with E-state index in [0.717, 1.165) is 47.2 Å². The SMILES string of the molecule is Cc1ccc2[nH]c3c(N(C4CCOC(C)(C)C4)C(C)c4ccccc4)ncnc3c2c1. The summed E-state index contributed by atoms with van der Waals surface area (Å²) in [4.78, 5) is 15.6. The summed E-state index contributed by atoms with van der Waals surface area (Å²) < 4.78 is 6.05. The summed E-state index contributed by atoms with van der Waals surface area (Å²) in [6.45, 7) is 9.53. The molecule has 0 bridgehead atoms. The van der Waals surface area contributed by atoms with Crippen LogP contribution in [0.4, 0.5) is 5.82 Å². The van der Waals surface area contributed by atoms with Crippen molar-refractivity contribution in [2.24, 2.45) is 0 Å². The van der Waals surface area contributed by atoms with E-state index in [9.17, 15) is 0 Å². The zero-order valence-electron chi connectivity index (χ0n) is 18.7. The highest BCUT2D eigenvalue weighted by atomic mass is 16.5. The van der Waals surface area contributed by atoms with E-state index < -0.39 is 0 Å². The topological polar surface area (TPSA) is 54.0 Å². The number of ether oxygens (including phenoxy) is 1. The summed E-state index contributed by atoms with van der Waals surface area (Å²) in [6.07, 6.45) is 3.64. The molecule has 1 saturated heterocycles. The molecule has 2 atom stereocenters. The number of aromatic nitrogens is 3. The molecule has 5 rings (SSSR count). The van der Waals surface area contributed by atoms with Gasteiger partial charge in [-0.05, 0) is 58.2 Å². The molecule has 160 valence electrons. The highest BCUT2D eigenvalue weighted by Crippen LogP contribution is 2.39. The molecule has 2 aromatic heterocycles. The first-order valence-corrected chi connectivity index (χ1v) is 11.1. The molecule has 0 spiro atoms. The number of aryl methyl sites for hydroxylation is 1. The Morgan fingerprint density at radius 1 is 1.13 bits per heavy atom. The van der Waals surface area contributed by atoms with Gasteiger partial charge in [0, 0.05) is 23.6 Å². The number of fused-ring (bicyclic) bond motifs is 3. The maximum absolute atomic E-state index is 6.05. The lowest BCUT2D eigenvalue weighted by molar-refractivity contribution is -0.0597. The van der Waals surface area contributed by atoms with E-state index in [0.29, 0.717) is 6.04 Å². The van der Waals surface area contributed by atoms with Gasteiger partial charge in [0.2, 0.25) is 0 Å². The van der Waals surface area contributed by atoms with Crippen molar-refractivity contribution in [1.82, 2.24) is 15.0 Å². The first-order valence-electron chi connectivity index (χ1n) is 11.1. The van der Waals surface area contributed by atoms with Crippen LogP contribution in [0.5, 0.6) is 0 Å². The smallest absolute Gasteiger partial charge is 0.157 e. The van der Waals surface area contributed by atoms with Crippen LogP contribution in [0.1, 0.15) is 50.8 Å². The number of nitrogens with zero attached hydrogens (tertiary/aromatic N) is 3. The number of rotatable bonds is 4. The predicted molar refractivity (Wildman–Crippen MR) is 127 cm³/mol. The summed E-state index contributed by atoms with van der Waals surface area (Å²) in [5.41, 5.74) is 5.46. The van der Waals surface area contributed by atoms with Crippen LogP contribution < -0.4 is 4.90 Å². The van der Waals surface area contributed by atoms with Crippen LogP contribution in [-0.2, 0) is 4.74 Å². The summed E-state index contributed by atoms with van der Waals surface area (Å²) >= 11 is 0. The van der Waals surface area contributed by atoms with Gasteiger partial charge in [-0.2, -0.15) is 0 Å². The second-order valence-electron chi connectivity index (χ2n) is 9.34. The summed E-state index contributed by atoms with van der Waals surface area (Å²) in [5.74, 6) is 0.970. The van der Waals surface area contributed by atoms with Crippen molar-refractivity contribution in [3.63, 3.8) is 0 Å². The number of anilines is 1. The Bertz CT molecular complexity index is 1210. The van der Waals surface area contributed by atoms with Gasteiger partial charge in [0.25, 0.3) is 0 Å². The van der Waals surface area contributed by atoms with Crippen molar-refractivity contribution in [2.45, 2.75) is 58.2 Å². The van der Waals surface area contributed by atoms with Gasteiger partial charge in [0.15, 0.2) is 5.82 Å². The van der Waals surface area contributed by atoms with E-state index in [1.54, 1.807) is 6.33 Å². The Balaban J connectivity index is 1.69. The third kappa shape index (κ3) is 3.68. The van der Waals surface area contributed by atoms with E-state index in [4.69, 9.17) is 9.72 Å². The summed E-state index contributed by atoms with van der Waals surface area (Å²) in [7, 11) is 0. The van der Waals surface area contributed by atoms with Crippen molar-refractivity contribution in [3.8, 4) is 0 Å². The highest BCUT2D eigenvalue weighted by molar-refractivity contribution is 6.08. The Hall–Kier alpha value is -2.92. The third-order valence-electron chi connectivity index (χ3n) is 6.53. The van der Waals surface area contributed by atoms with Gasteiger partial charge < -0.3 is 14.6 Å². The van der Waals surface area contributed by atoms with Gasteiger partial charge in [-0.25, -0.2) is 9.97 Å². The molecule has 2 unspecified atom stereocenters. The van der Waals surface area contributed by atoms with E-state index in [-0.39, 0.29) is 11.6 Å². The van der Waals surface area contributed by atoms with Crippen molar-refractivity contribution >= 4 is 27.8 Å². The third-order valence-corrected chi connectivity index (χ3v) is 6.53. The number of aromatic amines is 1. The highest BCUT2D eigenvalue weighted by Gasteiger charge is 2.36. The van der Waals surface area contributed by atoms with Crippen LogP contribution in [0.3, 0.4) is 0 Å². The van der Waals surface area contributed by atoms with Crippen LogP contribution in [-0.4, -0.2) is 33.2 Å². The Kier molecular flexibility index (Phi) is 4.94. The molecular weight excluding hydrogens is 384 g/mol.